The highest BCUT2D eigenvalue weighted by Gasteiger charge is 2.17. The topological polar surface area (TPSA) is 88.2 Å². The lowest BCUT2D eigenvalue weighted by Gasteiger charge is -2.08. The van der Waals surface area contributed by atoms with Gasteiger partial charge in [-0.05, 0) is 28.1 Å². The van der Waals surface area contributed by atoms with Gasteiger partial charge in [-0.15, -0.1) is 11.3 Å². The smallest absolute Gasteiger partial charge is 0.241 e. The van der Waals surface area contributed by atoms with Crippen LogP contribution in [0.2, 0.25) is 0 Å². The van der Waals surface area contributed by atoms with Crippen LogP contribution in [0.5, 0.6) is 0 Å². The minimum absolute atomic E-state index is 0.00390. The fraction of sp³-hybridized carbons (Fsp3) is 0.111. The number of anilines is 1. The average molecular weight is 466 g/mol. The first-order valence-corrected chi connectivity index (χ1v) is 11.2. The molecular weight excluding hydrogens is 450 g/mol. The molecule has 0 aliphatic heterocycles. The number of thiazole rings is 1. The minimum atomic E-state index is -3.68. The minimum Gasteiger partial charge on any atom is -0.302 e. The van der Waals surface area contributed by atoms with Crippen LogP contribution in [0.1, 0.15) is 6.42 Å². The van der Waals surface area contributed by atoms with E-state index < -0.39 is 10.0 Å². The van der Waals surface area contributed by atoms with E-state index in [9.17, 15) is 13.2 Å². The number of carbonyl (C=O) groups excluding carboxylic acids is 1. The first kappa shape index (κ1) is 19.7. The fourth-order valence-corrected chi connectivity index (χ4v) is 5.06. The maximum absolute atomic E-state index is 12.3. The molecule has 0 unspecified atom stereocenters. The number of carbonyl (C=O) groups is 1. The van der Waals surface area contributed by atoms with Gasteiger partial charge >= 0.3 is 0 Å². The van der Waals surface area contributed by atoms with Crippen molar-refractivity contribution < 1.29 is 13.2 Å². The maximum atomic E-state index is 12.3. The molecule has 3 rings (SSSR count). The molecule has 0 saturated heterocycles. The van der Waals surface area contributed by atoms with E-state index in [0.29, 0.717) is 9.60 Å². The lowest BCUT2D eigenvalue weighted by atomic mass is 10.2. The quantitative estimate of drug-likeness (QED) is 0.553. The number of aromatic nitrogens is 1. The summed E-state index contributed by atoms with van der Waals surface area (Å²) in [5, 5.41) is 5.03. The van der Waals surface area contributed by atoms with E-state index in [2.05, 4.69) is 31.0 Å². The van der Waals surface area contributed by atoms with Crippen LogP contribution in [-0.4, -0.2) is 25.9 Å². The molecule has 0 fully saturated rings. The van der Waals surface area contributed by atoms with E-state index in [1.165, 1.54) is 17.4 Å². The van der Waals surface area contributed by atoms with Crippen LogP contribution < -0.4 is 10.0 Å². The molecule has 3 aromatic rings. The SMILES string of the molecule is O=C(CCNS(=O)(=O)c1ccccc1Br)Nc1nc(-c2ccccc2)cs1. The summed E-state index contributed by atoms with van der Waals surface area (Å²) in [7, 11) is -3.68. The predicted octanol–water partition coefficient (Wildman–Crippen LogP) is 3.88. The molecule has 0 spiro atoms. The first-order chi connectivity index (χ1) is 13.0. The Morgan fingerprint density at radius 1 is 1.07 bits per heavy atom. The van der Waals surface area contributed by atoms with Crippen molar-refractivity contribution in [1.29, 1.82) is 0 Å². The van der Waals surface area contributed by atoms with Crippen LogP contribution in [0.3, 0.4) is 0 Å². The highest BCUT2D eigenvalue weighted by atomic mass is 79.9. The molecule has 1 amide bonds. The Bertz CT molecular complexity index is 1040. The third-order valence-corrected chi connectivity index (χ3v) is 6.82. The predicted molar refractivity (Wildman–Crippen MR) is 110 cm³/mol. The van der Waals surface area contributed by atoms with Crippen LogP contribution in [-0.2, 0) is 14.8 Å². The molecule has 6 nitrogen and oxygen atoms in total. The number of rotatable bonds is 7. The number of hydrogen-bond acceptors (Lipinski definition) is 5. The van der Waals surface area contributed by atoms with E-state index in [4.69, 9.17) is 0 Å². The van der Waals surface area contributed by atoms with Crippen LogP contribution in [0, 0.1) is 0 Å². The van der Waals surface area contributed by atoms with Gasteiger partial charge in [0.2, 0.25) is 15.9 Å². The molecule has 0 aliphatic carbocycles. The third-order valence-electron chi connectivity index (χ3n) is 3.59. The zero-order valence-electron chi connectivity index (χ0n) is 14.1. The summed E-state index contributed by atoms with van der Waals surface area (Å²) in [4.78, 5) is 16.6. The number of hydrogen-bond donors (Lipinski definition) is 2. The fourth-order valence-electron chi connectivity index (χ4n) is 2.29. The second-order valence-electron chi connectivity index (χ2n) is 5.53. The van der Waals surface area contributed by atoms with Crippen LogP contribution in [0.25, 0.3) is 11.3 Å². The van der Waals surface area contributed by atoms with E-state index in [1.54, 1.807) is 18.2 Å². The third kappa shape index (κ3) is 5.23. The van der Waals surface area contributed by atoms with Gasteiger partial charge in [0.25, 0.3) is 0 Å². The van der Waals surface area contributed by atoms with Crippen molar-refractivity contribution in [1.82, 2.24) is 9.71 Å². The standard InChI is InChI=1S/C18H16BrN3O3S2/c19-14-8-4-5-9-16(14)27(24,25)20-11-10-17(23)22-18-21-15(12-26-18)13-6-2-1-3-7-13/h1-9,12,20H,10-11H2,(H,21,22,23). The molecule has 9 heteroatoms. The number of nitrogens with zero attached hydrogens (tertiary/aromatic N) is 1. The number of benzene rings is 2. The van der Waals surface area contributed by atoms with E-state index >= 15 is 0 Å². The van der Waals surface area contributed by atoms with Crippen molar-refractivity contribution in [3.63, 3.8) is 0 Å². The Morgan fingerprint density at radius 3 is 2.52 bits per heavy atom. The summed E-state index contributed by atoms with van der Waals surface area (Å²) in [6, 6.07) is 16.2. The van der Waals surface area contributed by atoms with Gasteiger partial charge in [-0.3, -0.25) is 4.79 Å². The van der Waals surface area contributed by atoms with Crippen molar-refractivity contribution in [3.05, 3.63) is 64.5 Å². The van der Waals surface area contributed by atoms with Crippen molar-refractivity contribution in [3.8, 4) is 11.3 Å². The Balaban J connectivity index is 1.53. The second kappa shape index (κ2) is 8.75. The number of nitrogens with one attached hydrogen (secondary N) is 2. The summed E-state index contributed by atoms with van der Waals surface area (Å²) < 4.78 is 27.4. The van der Waals surface area contributed by atoms with Gasteiger partial charge < -0.3 is 5.32 Å². The van der Waals surface area contributed by atoms with Crippen LogP contribution in [0.15, 0.2) is 69.3 Å². The van der Waals surface area contributed by atoms with Gasteiger partial charge in [-0.1, -0.05) is 42.5 Å². The summed E-state index contributed by atoms with van der Waals surface area (Å²) in [5.41, 5.74) is 1.75. The number of sulfonamides is 1. The van der Waals surface area contributed by atoms with Crippen molar-refractivity contribution in [2.75, 3.05) is 11.9 Å². The number of halogens is 1. The zero-order valence-corrected chi connectivity index (χ0v) is 17.3. The molecule has 27 heavy (non-hydrogen) atoms. The lowest BCUT2D eigenvalue weighted by molar-refractivity contribution is -0.116. The van der Waals surface area contributed by atoms with E-state index in [1.807, 2.05) is 35.7 Å². The molecule has 2 N–H and O–H groups in total. The Kier molecular flexibility index (Phi) is 6.38. The highest BCUT2D eigenvalue weighted by molar-refractivity contribution is 9.10. The van der Waals surface area contributed by atoms with Gasteiger partial charge in [0, 0.05) is 28.4 Å². The molecule has 0 radical (unpaired) electrons. The zero-order chi connectivity index (χ0) is 19.3. The largest absolute Gasteiger partial charge is 0.302 e. The summed E-state index contributed by atoms with van der Waals surface area (Å²) >= 11 is 4.54. The maximum Gasteiger partial charge on any atom is 0.241 e. The number of amides is 1. The second-order valence-corrected chi connectivity index (χ2v) is 8.98. The first-order valence-electron chi connectivity index (χ1n) is 8.01. The molecule has 1 heterocycles. The van der Waals surface area contributed by atoms with Gasteiger partial charge in [-0.2, -0.15) is 0 Å². The average Bonchev–Trinajstić information content (AvgIpc) is 3.11. The van der Waals surface area contributed by atoms with E-state index in [0.717, 1.165) is 11.3 Å². The van der Waals surface area contributed by atoms with Crippen LogP contribution >= 0.6 is 27.3 Å². The Morgan fingerprint density at radius 2 is 1.78 bits per heavy atom. The normalized spacial score (nSPS) is 11.3. The summed E-state index contributed by atoms with van der Waals surface area (Å²) in [6.45, 7) is -0.00752. The molecule has 1 aromatic heterocycles. The molecule has 140 valence electrons. The van der Waals surface area contributed by atoms with Gasteiger partial charge in [0.15, 0.2) is 5.13 Å². The molecule has 0 saturated carbocycles. The lowest BCUT2D eigenvalue weighted by Crippen LogP contribution is -2.28. The molecular formula is C18H16BrN3O3S2. The monoisotopic (exact) mass is 465 g/mol. The molecule has 0 aliphatic rings. The van der Waals surface area contributed by atoms with Gasteiger partial charge in [-0.25, -0.2) is 18.1 Å². The molecule has 2 aromatic carbocycles. The van der Waals surface area contributed by atoms with Crippen molar-refractivity contribution >= 4 is 48.3 Å². The van der Waals surface area contributed by atoms with E-state index in [-0.39, 0.29) is 23.8 Å². The van der Waals surface area contributed by atoms with Gasteiger partial charge in [0.1, 0.15) is 0 Å². The molecule has 0 atom stereocenters. The summed E-state index contributed by atoms with van der Waals surface area (Å²) in [6.07, 6.45) is 0.00390. The Labute approximate surface area is 169 Å². The Hall–Kier alpha value is -2.07. The van der Waals surface area contributed by atoms with Crippen molar-refractivity contribution in [2.45, 2.75) is 11.3 Å². The van der Waals surface area contributed by atoms with Gasteiger partial charge in [0.05, 0.1) is 10.6 Å². The summed E-state index contributed by atoms with van der Waals surface area (Å²) in [5.74, 6) is -0.307. The molecule has 0 bridgehead atoms. The van der Waals surface area contributed by atoms with Crippen molar-refractivity contribution in [2.24, 2.45) is 0 Å². The highest BCUT2D eigenvalue weighted by Crippen LogP contribution is 2.24. The van der Waals surface area contributed by atoms with Crippen LogP contribution in [0.4, 0.5) is 5.13 Å².